The van der Waals surface area contributed by atoms with Gasteiger partial charge in [-0.15, -0.1) is 0 Å². The normalized spacial score (nSPS) is 18.1. The van der Waals surface area contributed by atoms with Gasteiger partial charge in [0.2, 0.25) is 0 Å². The molecule has 2 aromatic rings. The van der Waals surface area contributed by atoms with E-state index in [0.29, 0.717) is 5.75 Å². The van der Waals surface area contributed by atoms with Crippen molar-refractivity contribution >= 4 is 5.69 Å². The molecule has 0 amide bonds. The molecular weight excluding hydrogens is 226 g/mol. The Morgan fingerprint density at radius 1 is 1.22 bits per heavy atom. The Balaban J connectivity index is 1.87. The minimum atomic E-state index is 0.278. The standard InChI is InChI=1S/C14H15N3O/c18-12-4-5-13-10(6-12)2-1-3-14(13)17-11-7-15-9-16-8-11/h4-9,14,17-18H,1-3H2. The number of nitrogens with one attached hydrogen (secondary N) is 1. The largest absolute Gasteiger partial charge is 0.508 e. The lowest BCUT2D eigenvalue weighted by atomic mass is 9.87. The van der Waals surface area contributed by atoms with Gasteiger partial charge in [-0.2, -0.15) is 0 Å². The van der Waals surface area contributed by atoms with Crippen molar-refractivity contribution in [1.82, 2.24) is 9.97 Å². The van der Waals surface area contributed by atoms with Crippen molar-refractivity contribution in [3.05, 3.63) is 48.0 Å². The zero-order valence-electron chi connectivity index (χ0n) is 10.0. The van der Waals surface area contributed by atoms with Crippen LogP contribution in [0.3, 0.4) is 0 Å². The van der Waals surface area contributed by atoms with Crippen LogP contribution in [0, 0.1) is 0 Å². The van der Waals surface area contributed by atoms with Crippen molar-refractivity contribution in [1.29, 1.82) is 0 Å². The average molecular weight is 241 g/mol. The summed E-state index contributed by atoms with van der Waals surface area (Å²) < 4.78 is 0. The van der Waals surface area contributed by atoms with E-state index in [1.54, 1.807) is 18.5 Å². The maximum Gasteiger partial charge on any atom is 0.115 e. The Morgan fingerprint density at radius 2 is 2.06 bits per heavy atom. The number of benzene rings is 1. The number of phenolic OH excluding ortho intramolecular Hbond substituents is 1. The number of hydrogen-bond acceptors (Lipinski definition) is 4. The zero-order valence-corrected chi connectivity index (χ0v) is 10.0. The van der Waals surface area contributed by atoms with Gasteiger partial charge in [-0.25, -0.2) is 9.97 Å². The second kappa shape index (κ2) is 4.64. The second-order valence-corrected chi connectivity index (χ2v) is 4.60. The van der Waals surface area contributed by atoms with E-state index in [0.717, 1.165) is 24.9 Å². The van der Waals surface area contributed by atoms with Crippen molar-refractivity contribution in [3.8, 4) is 5.75 Å². The monoisotopic (exact) mass is 241 g/mol. The molecule has 18 heavy (non-hydrogen) atoms. The summed E-state index contributed by atoms with van der Waals surface area (Å²) in [6, 6.07) is 5.90. The van der Waals surface area contributed by atoms with Crippen molar-refractivity contribution in [2.45, 2.75) is 25.3 Å². The Morgan fingerprint density at radius 3 is 2.89 bits per heavy atom. The minimum Gasteiger partial charge on any atom is -0.508 e. The average Bonchev–Trinajstić information content (AvgIpc) is 2.40. The number of rotatable bonds is 2. The molecule has 92 valence electrons. The first-order chi connectivity index (χ1) is 8.83. The fraction of sp³-hybridized carbons (Fsp3) is 0.286. The molecule has 2 N–H and O–H groups in total. The summed E-state index contributed by atoms with van der Waals surface area (Å²) in [6.07, 6.45) is 8.34. The summed E-state index contributed by atoms with van der Waals surface area (Å²) in [5.74, 6) is 0.345. The van der Waals surface area contributed by atoms with Crippen LogP contribution in [0.1, 0.15) is 30.0 Å². The van der Waals surface area contributed by atoms with Crippen LogP contribution in [-0.2, 0) is 6.42 Å². The summed E-state index contributed by atoms with van der Waals surface area (Å²) in [6.45, 7) is 0. The van der Waals surface area contributed by atoms with Crippen molar-refractivity contribution < 1.29 is 5.11 Å². The van der Waals surface area contributed by atoms with Gasteiger partial charge in [0.25, 0.3) is 0 Å². The summed E-state index contributed by atoms with van der Waals surface area (Å²) >= 11 is 0. The predicted octanol–water partition coefficient (Wildman–Crippen LogP) is 2.67. The molecule has 0 saturated carbocycles. The molecule has 3 rings (SSSR count). The molecule has 4 heteroatoms. The molecule has 0 fully saturated rings. The molecule has 4 nitrogen and oxygen atoms in total. The molecule has 1 aromatic heterocycles. The maximum atomic E-state index is 9.52. The van der Waals surface area contributed by atoms with Gasteiger partial charge in [-0.05, 0) is 42.5 Å². The molecule has 0 bridgehead atoms. The zero-order chi connectivity index (χ0) is 12.4. The van der Waals surface area contributed by atoms with Crippen molar-refractivity contribution in [2.75, 3.05) is 5.32 Å². The molecule has 1 atom stereocenters. The number of aryl methyl sites for hydroxylation is 1. The van der Waals surface area contributed by atoms with Gasteiger partial charge in [-0.1, -0.05) is 6.07 Å². The maximum absolute atomic E-state index is 9.52. The molecule has 1 aliphatic rings. The highest BCUT2D eigenvalue weighted by molar-refractivity contribution is 5.45. The van der Waals surface area contributed by atoms with Crippen LogP contribution in [0.15, 0.2) is 36.9 Å². The molecule has 1 heterocycles. The Kier molecular flexibility index (Phi) is 2.84. The van der Waals surface area contributed by atoms with Crippen LogP contribution < -0.4 is 5.32 Å². The summed E-state index contributed by atoms with van der Waals surface area (Å²) in [4.78, 5) is 8.01. The van der Waals surface area contributed by atoms with Gasteiger partial charge in [0.1, 0.15) is 12.1 Å². The van der Waals surface area contributed by atoms with Gasteiger partial charge in [0, 0.05) is 0 Å². The number of anilines is 1. The molecule has 1 unspecified atom stereocenters. The molecular formula is C14H15N3O. The van der Waals surface area contributed by atoms with E-state index in [2.05, 4.69) is 15.3 Å². The molecule has 1 aliphatic carbocycles. The molecule has 0 aliphatic heterocycles. The third kappa shape index (κ3) is 2.14. The van der Waals surface area contributed by atoms with Gasteiger partial charge >= 0.3 is 0 Å². The number of aromatic hydroxyl groups is 1. The number of hydrogen-bond donors (Lipinski definition) is 2. The quantitative estimate of drug-likeness (QED) is 0.848. The van der Waals surface area contributed by atoms with E-state index >= 15 is 0 Å². The van der Waals surface area contributed by atoms with Crippen molar-refractivity contribution in [2.24, 2.45) is 0 Å². The van der Waals surface area contributed by atoms with E-state index in [1.165, 1.54) is 17.5 Å². The van der Waals surface area contributed by atoms with Crippen LogP contribution in [0.5, 0.6) is 5.75 Å². The number of aromatic nitrogens is 2. The topological polar surface area (TPSA) is 58.0 Å². The summed E-state index contributed by atoms with van der Waals surface area (Å²) in [5.41, 5.74) is 3.43. The van der Waals surface area contributed by atoms with Crippen molar-refractivity contribution in [3.63, 3.8) is 0 Å². The highest BCUT2D eigenvalue weighted by atomic mass is 16.3. The van der Waals surface area contributed by atoms with Gasteiger partial charge in [0.05, 0.1) is 24.1 Å². The van der Waals surface area contributed by atoms with E-state index < -0.39 is 0 Å². The lowest BCUT2D eigenvalue weighted by Gasteiger charge is -2.27. The van der Waals surface area contributed by atoms with Crippen LogP contribution in [0.2, 0.25) is 0 Å². The highest BCUT2D eigenvalue weighted by Crippen LogP contribution is 2.33. The van der Waals surface area contributed by atoms with Gasteiger partial charge < -0.3 is 10.4 Å². The smallest absolute Gasteiger partial charge is 0.115 e. The summed E-state index contributed by atoms with van der Waals surface area (Å²) in [7, 11) is 0. The molecule has 1 aromatic carbocycles. The summed E-state index contributed by atoms with van der Waals surface area (Å²) in [5, 5.41) is 13.0. The predicted molar refractivity (Wildman–Crippen MR) is 69.4 cm³/mol. The lowest BCUT2D eigenvalue weighted by Crippen LogP contribution is -2.17. The van der Waals surface area contributed by atoms with Crippen LogP contribution in [0.25, 0.3) is 0 Å². The third-order valence-corrected chi connectivity index (χ3v) is 3.34. The van der Waals surface area contributed by atoms with Crippen LogP contribution in [0.4, 0.5) is 5.69 Å². The highest BCUT2D eigenvalue weighted by Gasteiger charge is 2.20. The van der Waals surface area contributed by atoms with Crippen LogP contribution >= 0.6 is 0 Å². The number of nitrogens with zero attached hydrogens (tertiary/aromatic N) is 2. The first-order valence-corrected chi connectivity index (χ1v) is 6.16. The Bertz CT molecular complexity index is 542. The van der Waals surface area contributed by atoms with E-state index in [1.807, 2.05) is 12.1 Å². The fourth-order valence-corrected chi connectivity index (χ4v) is 2.53. The first-order valence-electron chi connectivity index (χ1n) is 6.16. The van der Waals surface area contributed by atoms with Gasteiger partial charge in [-0.3, -0.25) is 0 Å². The Hall–Kier alpha value is -2.10. The number of phenols is 1. The molecule has 0 radical (unpaired) electrons. The van der Waals surface area contributed by atoms with Gasteiger partial charge in [0.15, 0.2) is 0 Å². The van der Waals surface area contributed by atoms with E-state index in [4.69, 9.17) is 0 Å². The first kappa shape index (κ1) is 11.0. The molecule has 0 spiro atoms. The minimum absolute atomic E-state index is 0.278. The number of fused-ring (bicyclic) bond motifs is 1. The third-order valence-electron chi connectivity index (χ3n) is 3.34. The lowest BCUT2D eigenvalue weighted by molar-refractivity contribution is 0.472. The fourth-order valence-electron chi connectivity index (χ4n) is 2.53. The van der Waals surface area contributed by atoms with E-state index in [-0.39, 0.29) is 6.04 Å². The van der Waals surface area contributed by atoms with E-state index in [9.17, 15) is 5.11 Å². The van der Waals surface area contributed by atoms with Crippen LogP contribution in [-0.4, -0.2) is 15.1 Å². The Labute approximate surface area is 106 Å². The SMILES string of the molecule is Oc1ccc2c(c1)CCCC2Nc1cncnc1. The molecule has 0 saturated heterocycles. The second-order valence-electron chi connectivity index (χ2n) is 4.60.